The molecule has 3 N–H and O–H groups in total. The number of amides is 5. The highest BCUT2D eigenvalue weighted by Gasteiger charge is 2.61. The number of hydrogen-bond acceptors (Lipinski definition) is 9. The third kappa shape index (κ3) is 9.12. The molecule has 5 atom stereocenters. The molecule has 1 saturated carbocycles. The second kappa shape index (κ2) is 16.4. The predicted octanol–water partition coefficient (Wildman–Crippen LogP) is 5.08. The first-order valence-corrected chi connectivity index (χ1v) is 20.7. The molecule has 3 aliphatic heterocycles. The number of carbonyl (C=O) groups excluding carboxylic acids is 5. The van der Waals surface area contributed by atoms with E-state index in [0.29, 0.717) is 41.8 Å². The number of benzene rings is 2. The lowest BCUT2D eigenvalue weighted by Gasteiger charge is -2.30. The van der Waals surface area contributed by atoms with Crippen LogP contribution in [0.2, 0.25) is 5.02 Å². The quantitative estimate of drug-likeness (QED) is 0.321. The Bertz CT molecular complexity index is 2010. The fraction of sp³-hybridized carbons (Fsp3) is 0.513. The molecule has 14 nitrogen and oxygen atoms in total. The van der Waals surface area contributed by atoms with Crippen molar-refractivity contribution in [2.45, 2.75) is 119 Å². The average molecular weight is 816 g/mol. The van der Waals surface area contributed by atoms with Crippen LogP contribution in [0.3, 0.4) is 0 Å². The molecular formula is C39H47ClFN5O9S. The molecule has 2 fully saturated rings. The van der Waals surface area contributed by atoms with Crippen molar-refractivity contribution >= 4 is 51.5 Å². The molecule has 302 valence electrons. The molecule has 0 unspecified atom stereocenters. The average Bonchev–Trinajstić information content (AvgIpc) is 3.43. The molecular weight excluding hydrogens is 769 g/mol. The molecule has 17 heteroatoms. The van der Waals surface area contributed by atoms with Crippen molar-refractivity contribution in [2.24, 2.45) is 5.92 Å². The first kappa shape index (κ1) is 40.9. The van der Waals surface area contributed by atoms with Gasteiger partial charge in [0.15, 0.2) is 0 Å². The largest absolute Gasteiger partial charge is 0.444 e. The van der Waals surface area contributed by atoms with E-state index in [1.54, 1.807) is 32.1 Å². The van der Waals surface area contributed by atoms with E-state index in [1.165, 1.54) is 40.1 Å². The number of alkyl carbamates (subject to hydrolysis) is 1. The highest BCUT2D eigenvalue weighted by atomic mass is 35.5. The lowest BCUT2D eigenvalue weighted by Crippen LogP contribution is -2.58. The van der Waals surface area contributed by atoms with Crippen LogP contribution >= 0.6 is 11.6 Å². The van der Waals surface area contributed by atoms with Gasteiger partial charge in [0.2, 0.25) is 11.8 Å². The van der Waals surface area contributed by atoms with Crippen LogP contribution < -0.4 is 15.4 Å². The van der Waals surface area contributed by atoms with Gasteiger partial charge in [-0.1, -0.05) is 55.7 Å². The van der Waals surface area contributed by atoms with Crippen molar-refractivity contribution in [3.05, 3.63) is 76.6 Å². The van der Waals surface area contributed by atoms with Gasteiger partial charge in [-0.15, -0.1) is 0 Å². The first-order valence-electron chi connectivity index (χ1n) is 18.8. The van der Waals surface area contributed by atoms with Crippen LogP contribution in [0.15, 0.2) is 59.5 Å². The Kier molecular flexibility index (Phi) is 12.0. The third-order valence-corrected chi connectivity index (χ3v) is 12.6. The molecule has 5 amide bonds. The number of nitrogens with zero attached hydrogens (tertiary/aromatic N) is 2. The Balaban J connectivity index is 1.27. The number of rotatable bonds is 7. The summed E-state index contributed by atoms with van der Waals surface area (Å²) in [5.74, 6) is -3.35. The molecule has 0 aromatic heterocycles. The lowest BCUT2D eigenvalue weighted by atomic mass is 10.0. The van der Waals surface area contributed by atoms with Gasteiger partial charge in [-0.3, -0.25) is 19.3 Å². The van der Waals surface area contributed by atoms with Crippen LogP contribution in [0.25, 0.3) is 0 Å². The number of nitrogens with one attached hydrogen (secondary N) is 3. The van der Waals surface area contributed by atoms with E-state index in [0.717, 1.165) is 6.42 Å². The van der Waals surface area contributed by atoms with Crippen LogP contribution in [-0.2, 0) is 47.0 Å². The molecule has 6 rings (SSSR count). The predicted molar refractivity (Wildman–Crippen MR) is 202 cm³/mol. The van der Waals surface area contributed by atoms with Crippen LogP contribution in [0.1, 0.15) is 83.3 Å². The Hall–Kier alpha value is -4.70. The van der Waals surface area contributed by atoms with Gasteiger partial charge < -0.3 is 25.0 Å². The van der Waals surface area contributed by atoms with Gasteiger partial charge in [0.1, 0.15) is 35.1 Å². The smallest absolute Gasteiger partial charge is 0.410 e. The Morgan fingerprint density at radius 2 is 1.82 bits per heavy atom. The van der Waals surface area contributed by atoms with Gasteiger partial charge in [0, 0.05) is 29.5 Å². The van der Waals surface area contributed by atoms with E-state index in [1.807, 2.05) is 13.0 Å². The van der Waals surface area contributed by atoms with Gasteiger partial charge in [-0.2, -0.15) is 0 Å². The molecule has 1 aliphatic carbocycles. The van der Waals surface area contributed by atoms with Crippen molar-refractivity contribution in [1.29, 1.82) is 0 Å². The Labute approximate surface area is 330 Å². The monoisotopic (exact) mass is 815 g/mol. The van der Waals surface area contributed by atoms with E-state index >= 15 is 0 Å². The van der Waals surface area contributed by atoms with Crippen molar-refractivity contribution in [3.8, 4) is 0 Å². The molecule has 1 saturated heterocycles. The molecule has 2 aromatic carbocycles. The second-order valence-electron chi connectivity index (χ2n) is 15.4. The normalized spacial score (nSPS) is 26.0. The number of sulfonamides is 1. The highest BCUT2D eigenvalue weighted by Crippen LogP contribution is 2.46. The fourth-order valence-corrected chi connectivity index (χ4v) is 8.44. The summed E-state index contributed by atoms with van der Waals surface area (Å²) in [6.07, 6.45) is 4.35. The number of fused-ring (bicyclic) bond motifs is 3. The van der Waals surface area contributed by atoms with Crippen LogP contribution in [0.5, 0.6) is 0 Å². The molecule has 4 aliphatic rings. The minimum absolute atomic E-state index is 0.0200. The zero-order valence-corrected chi connectivity index (χ0v) is 33.1. The third-order valence-electron chi connectivity index (χ3n) is 11.0. The minimum atomic E-state index is -4.37. The second-order valence-corrected chi connectivity index (χ2v) is 17.5. The summed E-state index contributed by atoms with van der Waals surface area (Å²) in [6, 6.07) is 7.43. The van der Waals surface area contributed by atoms with Gasteiger partial charge in [-0.05, 0) is 81.8 Å². The Morgan fingerprint density at radius 3 is 2.54 bits per heavy atom. The summed E-state index contributed by atoms with van der Waals surface area (Å²) in [5, 5.41) is 5.76. The van der Waals surface area contributed by atoms with Crippen molar-refractivity contribution in [2.75, 3.05) is 6.54 Å². The SMILES string of the molecule is CCC(C)(C)OC(=O)N[C@H]1CCCCC/C=C\[C@H]2C[C@]2(C(=O)NS(=O)(=O)c2ccc(Cl)cc2)NC(=O)[C@@H]2C[C@@H](OC(=O)N3Cc4cccc(F)c4C3)CN2C1=O. The van der Waals surface area contributed by atoms with Crippen LogP contribution in [0, 0.1) is 11.7 Å². The number of hydrogen-bond donors (Lipinski definition) is 3. The van der Waals surface area contributed by atoms with E-state index in [-0.39, 0.29) is 43.8 Å². The molecule has 2 aromatic rings. The summed E-state index contributed by atoms with van der Waals surface area (Å²) < 4.78 is 54.5. The standard InChI is InChI=1S/C39H47ClFN5O9S/c1-4-38(2,3)55-36(50)42-31-14-9-7-5-6-8-12-25-20-39(25,35(49)44-56(52,53)28-17-15-26(40)16-18-28)43-33(47)32-19-27(22-46(32)34(31)48)54-37(51)45-21-24-11-10-13-30(41)29(24)23-45/h8,10-13,15-18,25,27,31-32H,4-7,9,14,19-23H2,1-3H3,(H,42,50)(H,43,47)(H,44,49)/b12-8-/t25-,27+,31-,32-,39-/m0/s1. The van der Waals surface area contributed by atoms with Crippen molar-refractivity contribution in [1.82, 2.24) is 25.2 Å². The minimum Gasteiger partial charge on any atom is -0.444 e. The number of halogens is 2. The molecule has 3 heterocycles. The summed E-state index contributed by atoms with van der Waals surface area (Å²) in [5.41, 5.74) is -1.48. The summed E-state index contributed by atoms with van der Waals surface area (Å²) in [6.45, 7) is 5.20. The lowest BCUT2D eigenvalue weighted by molar-refractivity contribution is -0.141. The van der Waals surface area contributed by atoms with Crippen molar-refractivity contribution in [3.63, 3.8) is 0 Å². The number of carbonyl (C=O) groups is 5. The van der Waals surface area contributed by atoms with E-state index in [4.69, 9.17) is 21.1 Å². The van der Waals surface area contributed by atoms with Crippen molar-refractivity contribution < 1.29 is 46.3 Å². The number of allylic oxidation sites excluding steroid dienone is 1. The maximum atomic E-state index is 14.5. The molecule has 0 spiro atoms. The van der Waals surface area contributed by atoms with Gasteiger partial charge in [0.25, 0.3) is 15.9 Å². The topological polar surface area (TPSA) is 181 Å². The maximum Gasteiger partial charge on any atom is 0.410 e. The summed E-state index contributed by atoms with van der Waals surface area (Å²) in [4.78, 5) is 71.5. The van der Waals surface area contributed by atoms with Gasteiger partial charge >= 0.3 is 12.2 Å². The zero-order valence-electron chi connectivity index (χ0n) is 31.5. The summed E-state index contributed by atoms with van der Waals surface area (Å²) in [7, 11) is -4.37. The molecule has 56 heavy (non-hydrogen) atoms. The molecule has 0 radical (unpaired) electrons. The number of ether oxygens (including phenoxy) is 2. The van der Waals surface area contributed by atoms with E-state index in [9.17, 15) is 36.8 Å². The summed E-state index contributed by atoms with van der Waals surface area (Å²) >= 11 is 5.93. The van der Waals surface area contributed by atoms with Gasteiger partial charge in [0.05, 0.1) is 18.0 Å². The fourth-order valence-electron chi connectivity index (χ4n) is 7.27. The Morgan fingerprint density at radius 1 is 1.07 bits per heavy atom. The molecule has 0 bridgehead atoms. The van der Waals surface area contributed by atoms with Gasteiger partial charge in [-0.25, -0.2) is 27.1 Å². The van der Waals surface area contributed by atoms with E-state index < -0.39 is 81.0 Å². The van der Waals surface area contributed by atoms with E-state index in [2.05, 4.69) is 15.4 Å². The highest BCUT2D eigenvalue weighted by molar-refractivity contribution is 7.90. The maximum absolute atomic E-state index is 14.5. The van der Waals surface area contributed by atoms with Crippen LogP contribution in [-0.4, -0.2) is 84.0 Å². The zero-order chi connectivity index (χ0) is 40.4. The van der Waals surface area contributed by atoms with Crippen LogP contribution in [0.4, 0.5) is 14.0 Å². The first-order chi connectivity index (χ1) is 26.5.